The van der Waals surface area contributed by atoms with Gasteiger partial charge in [0.15, 0.2) is 0 Å². The van der Waals surface area contributed by atoms with Gasteiger partial charge in [0.1, 0.15) is 5.56 Å². The van der Waals surface area contributed by atoms with Crippen LogP contribution in [0.1, 0.15) is 17.3 Å². The van der Waals surface area contributed by atoms with Crippen LogP contribution in [-0.2, 0) is 6.54 Å². The summed E-state index contributed by atoms with van der Waals surface area (Å²) in [6, 6.07) is 5.11. The van der Waals surface area contributed by atoms with E-state index in [1.165, 1.54) is 7.05 Å². The maximum Gasteiger partial charge on any atom is 0.256 e. The number of benzene rings is 1. The quantitative estimate of drug-likeness (QED) is 0.902. The number of halogens is 1. The summed E-state index contributed by atoms with van der Waals surface area (Å²) in [5, 5.41) is 3.41. The zero-order chi connectivity index (χ0) is 13.3. The molecule has 0 radical (unpaired) electrons. The summed E-state index contributed by atoms with van der Waals surface area (Å²) in [5.74, 6) is -0.385. The number of nitrogens with zero attached hydrogens (tertiary/aromatic N) is 1. The molecule has 0 saturated carbocycles. The summed E-state index contributed by atoms with van der Waals surface area (Å²) in [6.45, 7) is 2.62. The monoisotopic (exact) mass is 264 g/mol. The zero-order valence-corrected chi connectivity index (χ0v) is 10.9. The first-order valence-corrected chi connectivity index (χ1v) is 6.01. The molecule has 0 fully saturated rings. The van der Waals surface area contributed by atoms with Crippen LogP contribution in [-0.4, -0.2) is 17.5 Å². The number of amides is 1. The molecule has 1 aromatic carbocycles. The topological polar surface area (TPSA) is 51.1 Å². The fourth-order valence-corrected chi connectivity index (χ4v) is 2.10. The molecule has 5 heteroatoms. The number of aromatic nitrogens is 1. The fraction of sp³-hybridized carbons (Fsp3) is 0.231. The Hall–Kier alpha value is -1.81. The van der Waals surface area contributed by atoms with E-state index in [1.807, 2.05) is 11.5 Å². The highest BCUT2D eigenvalue weighted by atomic mass is 35.5. The molecule has 0 aliphatic heterocycles. The third-order valence-electron chi connectivity index (χ3n) is 2.85. The van der Waals surface area contributed by atoms with Crippen LogP contribution in [0, 0.1) is 0 Å². The highest BCUT2D eigenvalue weighted by Crippen LogP contribution is 2.17. The van der Waals surface area contributed by atoms with Gasteiger partial charge in [-0.2, -0.15) is 0 Å². The van der Waals surface area contributed by atoms with E-state index in [2.05, 4.69) is 5.32 Å². The molecule has 2 rings (SSSR count). The largest absolute Gasteiger partial charge is 0.355 e. The molecule has 0 spiro atoms. The first-order chi connectivity index (χ1) is 8.58. The number of carbonyl (C=O) groups excluding carboxylic acids is 1. The van der Waals surface area contributed by atoms with Crippen molar-refractivity contribution in [2.24, 2.45) is 0 Å². The molecule has 1 heterocycles. The van der Waals surface area contributed by atoms with Crippen LogP contribution < -0.4 is 10.7 Å². The minimum atomic E-state index is -0.385. The average molecular weight is 265 g/mol. The Morgan fingerprint density at radius 3 is 2.78 bits per heavy atom. The van der Waals surface area contributed by atoms with Gasteiger partial charge in [-0.15, -0.1) is 0 Å². The summed E-state index contributed by atoms with van der Waals surface area (Å²) in [6.07, 6.45) is 1.58. The summed E-state index contributed by atoms with van der Waals surface area (Å²) < 4.78 is 1.86. The molecule has 0 aliphatic carbocycles. The highest BCUT2D eigenvalue weighted by molar-refractivity contribution is 6.31. The highest BCUT2D eigenvalue weighted by Gasteiger charge is 2.13. The van der Waals surface area contributed by atoms with Crippen LogP contribution in [0.2, 0.25) is 5.02 Å². The Balaban J connectivity index is 2.88. The molecular weight excluding hydrogens is 252 g/mol. The van der Waals surface area contributed by atoms with E-state index >= 15 is 0 Å². The predicted molar refractivity (Wildman–Crippen MR) is 72.3 cm³/mol. The maximum absolute atomic E-state index is 12.2. The van der Waals surface area contributed by atoms with Crippen LogP contribution in [0.3, 0.4) is 0 Å². The number of aryl methyl sites for hydroxylation is 1. The second-order valence-corrected chi connectivity index (χ2v) is 4.33. The lowest BCUT2D eigenvalue weighted by Crippen LogP contribution is -2.27. The molecule has 0 saturated heterocycles. The Kier molecular flexibility index (Phi) is 3.39. The van der Waals surface area contributed by atoms with Gasteiger partial charge < -0.3 is 9.88 Å². The molecule has 0 unspecified atom stereocenters. The lowest BCUT2D eigenvalue weighted by molar-refractivity contribution is 0.0961. The molecule has 0 aliphatic rings. The van der Waals surface area contributed by atoms with Crippen molar-refractivity contribution in [3.8, 4) is 0 Å². The van der Waals surface area contributed by atoms with Gasteiger partial charge in [-0.25, -0.2) is 0 Å². The maximum atomic E-state index is 12.2. The molecule has 94 valence electrons. The molecule has 1 N–H and O–H groups in total. The Morgan fingerprint density at radius 2 is 2.17 bits per heavy atom. The van der Waals surface area contributed by atoms with Crippen molar-refractivity contribution in [2.45, 2.75) is 13.5 Å². The summed E-state index contributed by atoms with van der Waals surface area (Å²) in [4.78, 5) is 23.9. The molecule has 0 atom stereocenters. The Labute approximate surface area is 109 Å². The van der Waals surface area contributed by atoms with Crippen molar-refractivity contribution in [1.29, 1.82) is 0 Å². The molecular formula is C13H13ClN2O2. The molecule has 1 amide bonds. The number of rotatable bonds is 2. The molecule has 18 heavy (non-hydrogen) atoms. The predicted octanol–water partition coefficient (Wildman–Crippen LogP) is 2.03. The minimum absolute atomic E-state index is 0.133. The van der Waals surface area contributed by atoms with Gasteiger partial charge in [0.05, 0.1) is 5.52 Å². The van der Waals surface area contributed by atoms with Crippen molar-refractivity contribution in [1.82, 2.24) is 9.88 Å². The van der Waals surface area contributed by atoms with Crippen LogP contribution in [0.5, 0.6) is 0 Å². The number of nitrogens with one attached hydrogen (secondary N) is 1. The van der Waals surface area contributed by atoms with Gasteiger partial charge in [0, 0.05) is 30.2 Å². The third kappa shape index (κ3) is 1.99. The zero-order valence-electron chi connectivity index (χ0n) is 10.2. The Morgan fingerprint density at radius 1 is 1.44 bits per heavy atom. The van der Waals surface area contributed by atoms with Crippen LogP contribution in [0.15, 0.2) is 29.2 Å². The number of carbonyl (C=O) groups is 1. The Bertz CT molecular complexity index is 676. The van der Waals surface area contributed by atoms with Gasteiger partial charge >= 0.3 is 0 Å². The van der Waals surface area contributed by atoms with E-state index in [1.54, 1.807) is 24.4 Å². The number of pyridine rings is 1. The smallest absolute Gasteiger partial charge is 0.256 e. The van der Waals surface area contributed by atoms with Crippen molar-refractivity contribution in [3.05, 3.63) is 45.2 Å². The van der Waals surface area contributed by atoms with Crippen molar-refractivity contribution in [2.75, 3.05) is 7.05 Å². The lowest BCUT2D eigenvalue weighted by atomic mass is 10.1. The average Bonchev–Trinajstić information content (AvgIpc) is 2.39. The standard InChI is InChI=1S/C13H13ClN2O2/c1-3-16-7-10(13(18)15-2)12(17)9-6-8(14)4-5-11(9)16/h4-7H,3H2,1-2H3,(H,15,18). The second-order valence-electron chi connectivity index (χ2n) is 3.90. The van der Waals surface area contributed by atoms with Crippen molar-refractivity contribution < 1.29 is 4.79 Å². The van der Waals surface area contributed by atoms with Crippen LogP contribution >= 0.6 is 11.6 Å². The third-order valence-corrected chi connectivity index (χ3v) is 3.09. The number of hydrogen-bond donors (Lipinski definition) is 1. The molecule has 0 bridgehead atoms. The van der Waals surface area contributed by atoms with E-state index < -0.39 is 0 Å². The first kappa shape index (κ1) is 12.6. The minimum Gasteiger partial charge on any atom is -0.355 e. The van der Waals surface area contributed by atoms with Gasteiger partial charge in [0.2, 0.25) is 5.43 Å². The lowest BCUT2D eigenvalue weighted by Gasteiger charge is -2.11. The molecule has 1 aromatic heterocycles. The number of hydrogen-bond acceptors (Lipinski definition) is 2. The van der Waals surface area contributed by atoms with E-state index in [9.17, 15) is 9.59 Å². The van der Waals surface area contributed by atoms with Gasteiger partial charge in [-0.1, -0.05) is 11.6 Å². The van der Waals surface area contributed by atoms with Crippen molar-refractivity contribution in [3.63, 3.8) is 0 Å². The van der Waals surface area contributed by atoms with Gasteiger partial charge in [0.25, 0.3) is 5.91 Å². The van der Waals surface area contributed by atoms with Gasteiger partial charge in [-0.05, 0) is 25.1 Å². The van der Waals surface area contributed by atoms with E-state index in [0.29, 0.717) is 17.0 Å². The second kappa shape index (κ2) is 4.82. The fourth-order valence-electron chi connectivity index (χ4n) is 1.93. The molecule has 4 nitrogen and oxygen atoms in total. The van der Waals surface area contributed by atoms with E-state index in [0.717, 1.165) is 5.52 Å². The van der Waals surface area contributed by atoms with Crippen LogP contribution in [0.4, 0.5) is 0 Å². The summed E-state index contributed by atoms with van der Waals surface area (Å²) in [7, 11) is 1.50. The summed E-state index contributed by atoms with van der Waals surface area (Å²) >= 11 is 5.90. The normalized spacial score (nSPS) is 10.6. The SMILES string of the molecule is CCn1cc(C(=O)NC)c(=O)c2cc(Cl)ccc21. The van der Waals surface area contributed by atoms with E-state index in [-0.39, 0.29) is 16.9 Å². The van der Waals surface area contributed by atoms with E-state index in [4.69, 9.17) is 11.6 Å². The van der Waals surface area contributed by atoms with Crippen LogP contribution in [0.25, 0.3) is 10.9 Å². The van der Waals surface area contributed by atoms with Gasteiger partial charge in [-0.3, -0.25) is 9.59 Å². The van der Waals surface area contributed by atoms with Crippen molar-refractivity contribution >= 4 is 28.4 Å². The molecule has 2 aromatic rings. The summed E-state index contributed by atoms with van der Waals surface area (Å²) in [5.41, 5.74) is 0.616. The number of fused-ring (bicyclic) bond motifs is 1. The first-order valence-electron chi connectivity index (χ1n) is 5.63.